The van der Waals surface area contributed by atoms with Crippen LogP contribution in [0, 0.1) is 0 Å². The number of carbonyl (C=O) groups is 1. The molecular weight excluding hydrogens is 356 g/mol. The molecular formula is C17H16N4O4S. The van der Waals surface area contributed by atoms with E-state index >= 15 is 0 Å². The summed E-state index contributed by atoms with van der Waals surface area (Å²) in [6, 6.07) is 15.1. The second kappa shape index (κ2) is 7.36. The fraction of sp³-hybridized carbons (Fsp3) is 0.118. The molecule has 0 atom stereocenters. The van der Waals surface area contributed by atoms with Gasteiger partial charge in [0.1, 0.15) is 0 Å². The molecule has 3 aromatic rings. The molecule has 1 heterocycles. The molecule has 0 bridgehead atoms. The van der Waals surface area contributed by atoms with Crippen LogP contribution in [0.1, 0.15) is 16.2 Å². The second-order valence-electron chi connectivity index (χ2n) is 5.47. The Balaban J connectivity index is 1.63. The zero-order chi connectivity index (χ0) is 18.6. The molecule has 2 aromatic carbocycles. The van der Waals surface area contributed by atoms with E-state index in [1.165, 1.54) is 12.1 Å². The summed E-state index contributed by atoms with van der Waals surface area (Å²) in [6.07, 6.45) is 1.13. The van der Waals surface area contributed by atoms with Crippen LogP contribution in [0.2, 0.25) is 0 Å². The van der Waals surface area contributed by atoms with Crippen molar-refractivity contribution in [1.29, 1.82) is 0 Å². The van der Waals surface area contributed by atoms with Crippen LogP contribution < -0.4 is 10.6 Å². The number of anilines is 2. The molecule has 1 aromatic heterocycles. The highest BCUT2D eigenvalue weighted by Gasteiger charge is 2.11. The molecule has 0 aliphatic heterocycles. The first-order valence-electron chi connectivity index (χ1n) is 7.64. The van der Waals surface area contributed by atoms with Gasteiger partial charge in [0.25, 0.3) is 5.91 Å². The van der Waals surface area contributed by atoms with Gasteiger partial charge in [0.05, 0.1) is 11.4 Å². The van der Waals surface area contributed by atoms with Crippen molar-refractivity contribution in [2.75, 3.05) is 11.6 Å². The average Bonchev–Trinajstić information content (AvgIpc) is 3.07. The van der Waals surface area contributed by atoms with Crippen molar-refractivity contribution in [3.8, 4) is 0 Å². The van der Waals surface area contributed by atoms with Crippen molar-refractivity contribution in [1.82, 2.24) is 15.5 Å². The van der Waals surface area contributed by atoms with Crippen LogP contribution in [0.25, 0.3) is 0 Å². The Labute approximate surface area is 150 Å². The fourth-order valence-electron chi connectivity index (χ4n) is 2.15. The highest BCUT2D eigenvalue weighted by atomic mass is 32.2. The Morgan fingerprint density at radius 3 is 2.58 bits per heavy atom. The largest absolute Gasteiger partial charge is 0.406 e. The lowest BCUT2D eigenvalue weighted by Gasteiger charge is -2.04. The quantitative estimate of drug-likeness (QED) is 0.681. The Bertz CT molecular complexity index is 1020. The Morgan fingerprint density at radius 1 is 1.08 bits per heavy atom. The Morgan fingerprint density at radius 2 is 1.85 bits per heavy atom. The number of nitrogens with one attached hydrogen (secondary N) is 2. The van der Waals surface area contributed by atoms with Gasteiger partial charge < -0.3 is 15.1 Å². The van der Waals surface area contributed by atoms with Crippen LogP contribution >= 0.6 is 0 Å². The maximum absolute atomic E-state index is 12.0. The molecule has 8 nitrogen and oxygen atoms in total. The summed E-state index contributed by atoms with van der Waals surface area (Å²) in [5.41, 5.74) is 1.03. The second-order valence-corrected chi connectivity index (χ2v) is 7.49. The highest BCUT2D eigenvalue weighted by molar-refractivity contribution is 7.90. The molecule has 9 heteroatoms. The molecule has 0 spiro atoms. The molecule has 0 aliphatic rings. The minimum absolute atomic E-state index is 0.0752. The zero-order valence-corrected chi connectivity index (χ0v) is 14.7. The number of carbonyl (C=O) groups excluding carboxylic acids is 1. The van der Waals surface area contributed by atoms with Crippen LogP contribution in [0.3, 0.4) is 0 Å². The molecule has 26 heavy (non-hydrogen) atoms. The van der Waals surface area contributed by atoms with Crippen molar-refractivity contribution in [3.63, 3.8) is 0 Å². The zero-order valence-electron chi connectivity index (χ0n) is 13.8. The number of nitrogens with zero attached hydrogens (tertiary/aromatic N) is 2. The smallest absolute Gasteiger partial charge is 0.320 e. The average molecular weight is 372 g/mol. The monoisotopic (exact) mass is 372 g/mol. The summed E-state index contributed by atoms with van der Waals surface area (Å²) < 4.78 is 28.6. The number of amides is 1. The van der Waals surface area contributed by atoms with E-state index in [-0.39, 0.29) is 29.3 Å². The van der Waals surface area contributed by atoms with E-state index in [9.17, 15) is 13.2 Å². The molecule has 0 fully saturated rings. The van der Waals surface area contributed by atoms with Gasteiger partial charge in [-0.15, -0.1) is 5.10 Å². The van der Waals surface area contributed by atoms with Crippen molar-refractivity contribution >= 4 is 27.4 Å². The van der Waals surface area contributed by atoms with Crippen LogP contribution in [0.4, 0.5) is 11.7 Å². The fourth-order valence-corrected chi connectivity index (χ4v) is 2.82. The summed E-state index contributed by atoms with van der Waals surface area (Å²) >= 11 is 0. The highest BCUT2D eigenvalue weighted by Crippen LogP contribution is 2.19. The van der Waals surface area contributed by atoms with Gasteiger partial charge >= 0.3 is 6.01 Å². The summed E-state index contributed by atoms with van der Waals surface area (Å²) in [4.78, 5) is 12.2. The van der Waals surface area contributed by atoms with E-state index in [1.54, 1.807) is 36.4 Å². The number of sulfone groups is 1. The number of hydrogen-bond acceptors (Lipinski definition) is 7. The number of aromatic nitrogens is 2. The van der Waals surface area contributed by atoms with E-state index in [4.69, 9.17) is 4.42 Å². The van der Waals surface area contributed by atoms with Crippen molar-refractivity contribution in [2.24, 2.45) is 0 Å². The summed E-state index contributed by atoms with van der Waals surface area (Å²) in [5.74, 6) is -0.0322. The summed E-state index contributed by atoms with van der Waals surface area (Å²) in [6.45, 7) is 0.0752. The van der Waals surface area contributed by atoms with E-state index in [2.05, 4.69) is 20.8 Å². The van der Waals surface area contributed by atoms with Gasteiger partial charge in [0.15, 0.2) is 9.84 Å². The predicted molar refractivity (Wildman–Crippen MR) is 94.7 cm³/mol. The van der Waals surface area contributed by atoms with Crippen LogP contribution in [0.5, 0.6) is 0 Å². The lowest BCUT2D eigenvalue weighted by Crippen LogP contribution is -2.22. The molecule has 0 saturated heterocycles. The first kappa shape index (κ1) is 17.6. The SMILES string of the molecule is CS(=O)(=O)c1cccc(Nc2nnc(CNC(=O)c3ccccc3)o2)c1. The summed E-state index contributed by atoms with van der Waals surface area (Å²) in [5, 5.41) is 13.2. The van der Waals surface area contributed by atoms with Gasteiger partial charge in [0.2, 0.25) is 5.89 Å². The third kappa shape index (κ3) is 4.45. The van der Waals surface area contributed by atoms with Gasteiger partial charge in [-0.1, -0.05) is 29.4 Å². The maximum atomic E-state index is 12.0. The van der Waals surface area contributed by atoms with Crippen LogP contribution in [-0.2, 0) is 16.4 Å². The maximum Gasteiger partial charge on any atom is 0.320 e. The van der Waals surface area contributed by atoms with Crippen molar-refractivity contribution in [3.05, 3.63) is 66.1 Å². The number of benzene rings is 2. The minimum atomic E-state index is -3.31. The van der Waals surface area contributed by atoms with E-state index in [0.29, 0.717) is 11.3 Å². The van der Waals surface area contributed by atoms with E-state index < -0.39 is 9.84 Å². The lowest BCUT2D eigenvalue weighted by atomic mass is 10.2. The van der Waals surface area contributed by atoms with Crippen LogP contribution in [0.15, 0.2) is 63.9 Å². The number of hydrogen-bond donors (Lipinski definition) is 2. The van der Waals surface area contributed by atoms with Crippen molar-refractivity contribution < 1.29 is 17.6 Å². The molecule has 2 N–H and O–H groups in total. The minimum Gasteiger partial charge on any atom is -0.406 e. The van der Waals surface area contributed by atoms with E-state index in [1.807, 2.05) is 6.07 Å². The van der Waals surface area contributed by atoms with Gasteiger partial charge in [-0.3, -0.25) is 4.79 Å². The molecule has 3 rings (SSSR count). The molecule has 0 radical (unpaired) electrons. The molecule has 0 unspecified atom stereocenters. The summed E-state index contributed by atoms with van der Waals surface area (Å²) in [7, 11) is -3.31. The topological polar surface area (TPSA) is 114 Å². The first-order valence-corrected chi connectivity index (χ1v) is 9.54. The van der Waals surface area contributed by atoms with Gasteiger partial charge in [-0.25, -0.2) is 8.42 Å². The lowest BCUT2D eigenvalue weighted by molar-refractivity contribution is 0.0947. The molecule has 134 valence electrons. The molecule has 1 amide bonds. The van der Waals surface area contributed by atoms with E-state index in [0.717, 1.165) is 6.26 Å². The van der Waals surface area contributed by atoms with Crippen molar-refractivity contribution in [2.45, 2.75) is 11.4 Å². The first-order chi connectivity index (χ1) is 12.4. The van der Waals surface area contributed by atoms with Crippen LogP contribution in [-0.4, -0.2) is 30.8 Å². The van der Waals surface area contributed by atoms with Gasteiger partial charge in [-0.05, 0) is 30.3 Å². The number of rotatable bonds is 6. The van der Waals surface area contributed by atoms with Gasteiger partial charge in [-0.2, -0.15) is 0 Å². The normalized spacial score (nSPS) is 11.1. The third-order valence-corrected chi connectivity index (χ3v) is 4.53. The predicted octanol–water partition coefficient (Wildman–Crippen LogP) is 2.15. The Kier molecular flexibility index (Phi) is 4.99. The van der Waals surface area contributed by atoms with Gasteiger partial charge in [0, 0.05) is 17.5 Å². The third-order valence-electron chi connectivity index (χ3n) is 3.42. The Hall–Kier alpha value is -3.20. The standard InChI is InChI=1S/C17H16N4O4S/c1-26(23,24)14-9-5-8-13(10-14)19-17-21-20-15(25-17)11-18-16(22)12-6-3-2-4-7-12/h2-10H,11H2,1H3,(H,18,22)(H,19,21). The molecule has 0 saturated carbocycles. The molecule has 0 aliphatic carbocycles.